The van der Waals surface area contributed by atoms with Crippen molar-refractivity contribution in [2.45, 2.75) is 6.42 Å². The summed E-state index contributed by atoms with van der Waals surface area (Å²) in [4.78, 5) is 11.8. The van der Waals surface area contributed by atoms with Crippen molar-refractivity contribution in [2.75, 3.05) is 0 Å². The lowest BCUT2D eigenvalue weighted by Gasteiger charge is -2.02. The van der Waals surface area contributed by atoms with Crippen LogP contribution in [0, 0.1) is 5.82 Å². The number of ketones is 1. The molecule has 0 atom stereocenters. The lowest BCUT2D eigenvalue weighted by atomic mass is 10.1. The maximum atomic E-state index is 12.8. The van der Waals surface area contributed by atoms with E-state index in [1.54, 1.807) is 6.07 Å². The molecule has 0 saturated heterocycles. The van der Waals surface area contributed by atoms with Gasteiger partial charge in [0.15, 0.2) is 5.78 Å². The zero-order chi connectivity index (χ0) is 11.5. The number of hydrogen-bond acceptors (Lipinski definition) is 2. The Labute approximate surface area is 96.6 Å². The van der Waals surface area contributed by atoms with E-state index < -0.39 is 5.82 Å². The molecular formula is C12H8ClFO2. The van der Waals surface area contributed by atoms with E-state index in [1.165, 1.54) is 24.7 Å². The molecule has 82 valence electrons. The van der Waals surface area contributed by atoms with Crippen LogP contribution in [-0.2, 0) is 6.42 Å². The van der Waals surface area contributed by atoms with E-state index in [2.05, 4.69) is 0 Å². The molecular weight excluding hydrogens is 231 g/mol. The van der Waals surface area contributed by atoms with Gasteiger partial charge in [0.05, 0.1) is 17.5 Å². The summed E-state index contributed by atoms with van der Waals surface area (Å²) in [5, 5.41) is 0.133. The van der Waals surface area contributed by atoms with Gasteiger partial charge in [-0.1, -0.05) is 11.6 Å². The molecule has 16 heavy (non-hydrogen) atoms. The second kappa shape index (κ2) is 4.49. The fourth-order valence-corrected chi connectivity index (χ4v) is 1.66. The van der Waals surface area contributed by atoms with Gasteiger partial charge in [-0.25, -0.2) is 4.39 Å². The zero-order valence-corrected chi connectivity index (χ0v) is 9.00. The second-order valence-corrected chi connectivity index (χ2v) is 3.76. The summed E-state index contributed by atoms with van der Waals surface area (Å²) in [6, 6.07) is 5.44. The van der Waals surface area contributed by atoms with E-state index >= 15 is 0 Å². The number of carbonyl (C=O) groups excluding carboxylic acids is 1. The van der Waals surface area contributed by atoms with Crippen LogP contribution in [0.4, 0.5) is 4.39 Å². The number of hydrogen-bond donors (Lipinski definition) is 0. The van der Waals surface area contributed by atoms with Crippen molar-refractivity contribution >= 4 is 17.4 Å². The minimum atomic E-state index is -0.454. The van der Waals surface area contributed by atoms with Gasteiger partial charge in [0.25, 0.3) is 0 Å². The predicted octanol–water partition coefficient (Wildman–Crippen LogP) is 3.50. The van der Waals surface area contributed by atoms with Crippen molar-refractivity contribution in [3.05, 3.63) is 58.8 Å². The minimum Gasteiger partial charge on any atom is -0.472 e. The molecule has 1 heterocycles. The first-order chi connectivity index (χ1) is 7.66. The van der Waals surface area contributed by atoms with Crippen molar-refractivity contribution in [3.8, 4) is 0 Å². The van der Waals surface area contributed by atoms with Crippen LogP contribution in [0.5, 0.6) is 0 Å². The van der Waals surface area contributed by atoms with Gasteiger partial charge >= 0.3 is 0 Å². The van der Waals surface area contributed by atoms with E-state index in [4.69, 9.17) is 16.0 Å². The van der Waals surface area contributed by atoms with Crippen molar-refractivity contribution in [1.82, 2.24) is 0 Å². The van der Waals surface area contributed by atoms with Gasteiger partial charge < -0.3 is 4.42 Å². The monoisotopic (exact) mass is 238 g/mol. The Morgan fingerprint density at radius 2 is 2.19 bits per heavy atom. The van der Waals surface area contributed by atoms with Gasteiger partial charge in [-0.3, -0.25) is 4.79 Å². The van der Waals surface area contributed by atoms with Gasteiger partial charge in [-0.05, 0) is 29.8 Å². The van der Waals surface area contributed by atoms with Crippen LogP contribution in [0.15, 0.2) is 41.2 Å². The molecule has 0 N–H and O–H groups in total. The quantitative estimate of drug-likeness (QED) is 0.766. The third-order valence-electron chi connectivity index (χ3n) is 2.18. The minimum absolute atomic E-state index is 0.133. The molecule has 1 aromatic heterocycles. The molecule has 0 aliphatic rings. The number of halogens is 2. The number of benzene rings is 1. The zero-order valence-electron chi connectivity index (χ0n) is 8.24. The molecule has 0 aliphatic carbocycles. The third-order valence-corrected chi connectivity index (χ3v) is 2.49. The van der Waals surface area contributed by atoms with Crippen LogP contribution in [0.2, 0.25) is 5.02 Å². The van der Waals surface area contributed by atoms with Crippen molar-refractivity contribution in [3.63, 3.8) is 0 Å². The molecule has 0 unspecified atom stereocenters. The average Bonchev–Trinajstić information content (AvgIpc) is 2.70. The van der Waals surface area contributed by atoms with E-state index in [9.17, 15) is 9.18 Å². The molecule has 0 amide bonds. The molecule has 2 aromatic rings. The molecule has 0 saturated carbocycles. The van der Waals surface area contributed by atoms with Crippen LogP contribution in [0.3, 0.4) is 0 Å². The Kier molecular flexibility index (Phi) is 3.06. The lowest BCUT2D eigenvalue weighted by Crippen LogP contribution is -2.03. The van der Waals surface area contributed by atoms with Crippen molar-refractivity contribution in [2.24, 2.45) is 0 Å². The summed E-state index contributed by atoms with van der Waals surface area (Å²) in [5.41, 5.74) is 1.09. The van der Waals surface area contributed by atoms with Gasteiger partial charge in [0, 0.05) is 12.0 Å². The van der Waals surface area contributed by atoms with E-state index in [0.717, 1.165) is 11.6 Å². The number of carbonyl (C=O) groups is 1. The second-order valence-electron chi connectivity index (χ2n) is 3.36. The molecule has 2 rings (SSSR count). The van der Waals surface area contributed by atoms with Crippen molar-refractivity contribution < 1.29 is 13.6 Å². The average molecular weight is 239 g/mol. The maximum absolute atomic E-state index is 12.8. The molecule has 1 aromatic carbocycles. The SMILES string of the molecule is O=C(Cc1ccoc1)c1ccc(F)cc1Cl. The first-order valence-electron chi connectivity index (χ1n) is 4.66. The summed E-state index contributed by atoms with van der Waals surface area (Å²) < 4.78 is 17.6. The van der Waals surface area contributed by atoms with Gasteiger partial charge in [0.1, 0.15) is 5.82 Å². The summed E-state index contributed by atoms with van der Waals surface area (Å²) in [6.45, 7) is 0. The molecule has 0 radical (unpaired) electrons. The first kappa shape index (κ1) is 10.9. The fourth-order valence-electron chi connectivity index (χ4n) is 1.39. The van der Waals surface area contributed by atoms with Crippen LogP contribution in [0.1, 0.15) is 15.9 Å². The largest absolute Gasteiger partial charge is 0.472 e. The Bertz CT molecular complexity index is 506. The Morgan fingerprint density at radius 3 is 2.81 bits per heavy atom. The molecule has 0 aliphatic heterocycles. The summed E-state index contributed by atoms with van der Waals surface area (Å²) in [7, 11) is 0. The predicted molar refractivity (Wildman–Crippen MR) is 58.2 cm³/mol. The third kappa shape index (κ3) is 2.31. The van der Waals surface area contributed by atoms with Crippen LogP contribution < -0.4 is 0 Å². The van der Waals surface area contributed by atoms with Crippen molar-refractivity contribution in [1.29, 1.82) is 0 Å². The highest BCUT2D eigenvalue weighted by Gasteiger charge is 2.12. The van der Waals surface area contributed by atoms with Gasteiger partial charge in [-0.2, -0.15) is 0 Å². The van der Waals surface area contributed by atoms with Crippen LogP contribution in [0.25, 0.3) is 0 Å². The highest BCUT2D eigenvalue weighted by atomic mass is 35.5. The number of rotatable bonds is 3. The van der Waals surface area contributed by atoms with Crippen LogP contribution >= 0.6 is 11.6 Å². The smallest absolute Gasteiger partial charge is 0.168 e. The summed E-state index contributed by atoms with van der Waals surface area (Å²) >= 11 is 5.78. The standard InChI is InChI=1S/C12H8ClFO2/c13-11-6-9(14)1-2-10(11)12(15)5-8-3-4-16-7-8/h1-4,6-7H,5H2. The van der Waals surface area contributed by atoms with Gasteiger partial charge in [0.2, 0.25) is 0 Å². The number of Topliss-reactive ketones (excluding diaryl/α,β-unsaturated/α-hetero) is 1. The topological polar surface area (TPSA) is 30.2 Å². The summed E-state index contributed by atoms with van der Waals surface area (Å²) in [5.74, 6) is -0.615. The Morgan fingerprint density at radius 1 is 1.38 bits per heavy atom. The lowest BCUT2D eigenvalue weighted by molar-refractivity contribution is 0.0993. The fraction of sp³-hybridized carbons (Fsp3) is 0.0833. The molecule has 4 heteroatoms. The highest BCUT2D eigenvalue weighted by molar-refractivity contribution is 6.34. The maximum Gasteiger partial charge on any atom is 0.168 e. The van der Waals surface area contributed by atoms with E-state index in [1.807, 2.05) is 0 Å². The van der Waals surface area contributed by atoms with Gasteiger partial charge in [-0.15, -0.1) is 0 Å². The Balaban J connectivity index is 2.21. The van der Waals surface area contributed by atoms with E-state index in [0.29, 0.717) is 5.56 Å². The molecule has 0 bridgehead atoms. The molecule has 0 fully saturated rings. The Hall–Kier alpha value is -1.61. The van der Waals surface area contributed by atoms with E-state index in [-0.39, 0.29) is 17.2 Å². The summed E-state index contributed by atoms with van der Waals surface area (Å²) in [6.07, 6.45) is 3.19. The first-order valence-corrected chi connectivity index (χ1v) is 5.04. The highest BCUT2D eigenvalue weighted by Crippen LogP contribution is 2.19. The number of furan rings is 1. The molecule has 2 nitrogen and oxygen atoms in total. The normalized spacial score (nSPS) is 10.4. The van der Waals surface area contributed by atoms with Crippen LogP contribution in [-0.4, -0.2) is 5.78 Å². The molecule has 0 spiro atoms.